The number of hydrogen-bond acceptors (Lipinski definition) is 4. The monoisotopic (exact) mass is 316 g/mol. The number of amides is 1. The highest BCUT2D eigenvalue weighted by atomic mass is 32.2. The Hall–Kier alpha value is -1.98. The zero-order chi connectivity index (χ0) is 15.9. The Balaban J connectivity index is 2.18. The smallest absolute Gasteiger partial charge is 0.265 e. The van der Waals surface area contributed by atoms with E-state index in [0.29, 0.717) is 12.2 Å². The van der Waals surface area contributed by atoms with Crippen molar-refractivity contribution < 1.29 is 9.53 Å². The number of rotatable bonds is 6. The number of thioether (sulfide) groups is 1. The number of aryl methyl sites for hydroxylation is 1. The lowest BCUT2D eigenvalue weighted by atomic mass is 10.1. The number of nitrogens with one attached hydrogen (secondary N) is 1. The quantitative estimate of drug-likeness (QED) is 0.371. The minimum Gasteiger partial charge on any atom is -0.494 e. The van der Waals surface area contributed by atoms with Crippen LogP contribution in [0.4, 0.5) is 0 Å². The van der Waals surface area contributed by atoms with E-state index in [0.717, 1.165) is 17.1 Å². The first-order valence-corrected chi connectivity index (χ1v) is 8.08. The summed E-state index contributed by atoms with van der Waals surface area (Å²) in [6.45, 7) is 4.60. The van der Waals surface area contributed by atoms with Crippen LogP contribution in [0.5, 0.6) is 5.75 Å². The standard InChI is InChI=1S/C17H20N2O2S/c1-3-21-16-9-6-13(17(20)19-18)10-14(16)11-22-15-7-4-12(2)5-8-15/h4-10H,3,11,18H2,1-2H3,(H,19,20). The van der Waals surface area contributed by atoms with Crippen LogP contribution in [-0.2, 0) is 5.75 Å². The molecule has 0 spiro atoms. The van der Waals surface area contributed by atoms with Crippen LogP contribution in [0, 0.1) is 6.92 Å². The summed E-state index contributed by atoms with van der Waals surface area (Å²) in [5.41, 5.74) is 4.90. The molecule has 3 N–H and O–H groups in total. The summed E-state index contributed by atoms with van der Waals surface area (Å²) >= 11 is 1.71. The molecule has 0 aliphatic rings. The van der Waals surface area contributed by atoms with Crippen molar-refractivity contribution in [2.24, 2.45) is 5.84 Å². The number of hydrogen-bond donors (Lipinski definition) is 2. The van der Waals surface area contributed by atoms with Crippen molar-refractivity contribution in [1.82, 2.24) is 5.43 Å². The zero-order valence-electron chi connectivity index (χ0n) is 12.8. The molecule has 0 heterocycles. The maximum absolute atomic E-state index is 11.7. The van der Waals surface area contributed by atoms with Crippen LogP contribution in [0.2, 0.25) is 0 Å². The van der Waals surface area contributed by atoms with Gasteiger partial charge in [-0.1, -0.05) is 17.7 Å². The number of benzene rings is 2. The zero-order valence-corrected chi connectivity index (χ0v) is 13.6. The largest absolute Gasteiger partial charge is 0.494 e. The van der Waals surface area contributed by atoms with Gasteiger partial charge in [-0.25, -0.2) is 5.84 Å². The second-order valence-electron chi connectivity index (χ2n) is 4.83. The molecule has 0 fully saturated rings. The summed E-state index contributed by atoms with van der Waals surface area (Å²) in [6.07, 6.45) is 0. The maximum Gasteiger partial charge on any atom is 0.265 e. The van der Waals surface area contributed by atoms with Gasteiger partial charge >= 0.3 is 0 Å². The molecule has 0 aliphatic carbocycles. The molecular formula is C17H20N2O2S. The van der Waals surface area contributed by atoms with Crippen molar-refractivity contribution in [3.8, 4) is 5.75 Å². The lowest BCUT2D eigenvalue weighted by molar-refractivity contribution is 0.0953. The van der Waals surface area contributed by atoms with Gasteiger partial charge in [0.05, 0.1) is 6.61 Å². The topological polar surface area (TPSA) is 64.3 Å². The molecule has 0 unspecified atom stereocenters. The predicted molar refractivity (Wildman–Crippen MR) is 90.0 cm³/mol. The minimum absolute atomic E-state index is 0.301. The van der Waals surface area contributed by atoms with Gasteiger partial charge < -0.3 is 4.74 Å². The number of hydrazine groups is 1. The van der Waals surface area contributed by atoms with Crippen molar-refractivity contribution >= 4 is 17.7 Å². The fourth-order valence-electron chi connectivity index (χ4n) is 2.01. The first-order valence-electron chi connectivity index (χ1n) is 7.10. The summed E-state index contributed by atoms with van der Waals surface area (Å²) in [5.74, 6) is 6.42. The van der Waals surface area contributed by atoms with Crippen molar-refractivity contribution in [3.05, 3.63) is 59.2 Å². The number of carbonyl (C=O) groups excluding carboxylic acids is 1. The Labute approximate surface area is 135 Å². The first kappa shape index (κ1) is 16.4. The Morgan fingerprint density at radius 3 is 2.59 bits per heavy atom. The summed E-state index contributed by atoms with van der Waals surface area (Å²) in [5, 5.41) is 0. The van der Waals surface area contributed by atoms with Crippen LogP contribution < -0.4 is 16.0 Å². The second-order valence-corrected chi connectivity index (χ2v) is 5.88. The molecule has 22 heavy (non-hydrogen) atoms. The van der Waals surface area contributed by atoms with Crippen LogP contribution in [0.25, 0.3) is 0 Å². The van der Waals surface area contributed by atoms with Gasteiger partial charge in [-0.15, -0.1) is 11.8 Å². The Kier molecular flexibility index (Phi) is 5.86. The third-order valence-corrected chi connectivity index (χ3v) is 4.23. The van der Waals surface area contributed by atoms with E-state index < -0.39 is 0 Å². The third-order valence-electron chi connectivity index (χ3n) is 3.17. The molecule has 2 rings (SSSR count). The van der Waals surface area contributed by atoms with E-state index in [1.54, 1.807) is 17.8 Å². The van der Waals surface area contributed by atoms with Crippen LogP contribution in [-0.4, -0.2) is 12.5 Å². The number of nitrogens with two attached hydrogens (primary N) is 1. The lowest BCUT2D eigenvalue weighted by Crippen LogP contribution is -2.30. The summed E-state index contributed by atoms with van der Waals surface area (Å²) in [6, 6.07) is 13.7. The van der Waals surface area contributed by atoms with Crippen LogP contribution in [0.1, 0.15) is 28.4 Å². The highest BCUT2D eigenvalue weighted by Crippen LogP contribution is 2.29. The van der Waals surface area contributed by atoms with Gasteiger partial charge in [0.25, 0.3) is 5.91 Å². The lowest BCUT2D eigenvalue weighted by Gasteiger charge is -2.12. The number of nitrogen functional groups attached to an aromatic ring is 1. The van der Waals surface area contributed by atoms with E-state index in [4.69, 9.17) is 10.6 Å². The predicted octanol–water partition coefficient (Wildman–Crippen LogP) is 3.29. The van der Waals surface area contributed by atoms with Crippen LogP contribution in [0.3, 0.4) is 0 Å². The van der Waals surface area contributed by atoms with E-state index in [1.165, 1.54) is 10.5 Å². The molecule has 1 amide bonds. The fraction of sp³-hybridized carbons (Fsp3) is 0.235. The molecule has 0 radical (unpaired) electrons. The minimum atomic E-state index is -0.301. The highest BCUT2D eigenvalue weighted by Gasteiger charge is 2.10. The molecule has 2 aromatic carbocycles. The van der Waals surface area contributed by atoms with Gasteiger partial charge in [-0.3, -0.25) is 10.2 Å². The Morgan fingerprint density at radius 2 is 1.95 bits per heavy atom. The molecule has 0 aromatic heterocycles. The molecular weight excluding hydrogens is 296 g/mol. The van der Waals surface area contributed by atoms with E-state index in [-0.39, 0.29) is 5.91 Å². The average Bonchev–Trinajstić information content (AvgIpc) is 2.55. The van der Waals surface area contributed by atoms with Crippen LogP contribution in [0.15, 0.2) is 47.4 Å². The van der Waals surface area contributed by atoms with Gasteiger partial charge in [0.2, 0.25) is 0 Å². The van der Waals surface area contributed by atoms with Crippen molar-refractivity contribution in [1.29, 1.82) is 0 Å². The summed E-state index contributed by atoms with van der Waals surface area (Å²) < 4.78 is 5.64. The van der Waals surface area contributed by atoms with Gasteiger partial charge in [0.15, 0.2) is 0 Å². The second kappa shape index (κ2) is 7.87. The average molecular weight is 316 g/mol. The molecule has 116 valence electrons. The summed E-state index contributed by atoms with van der Waals surface area (Å²) in [7, 11) is 0. The van der Waals surface area contributed by atoms with Crippen molar-refractivity contribution in [2.45, 2.75) is 24.5 Å². The molecule has 5 heteroatoms. The van der Waals surface area contributed by atoms with Gasteiger partial charge in [-0.2, -0.15) is 0 Å². The normalized spacial score (nSPS) is 10.3. The Morgan fingerprint density at radius 1 is 1.23 bits per heavy atom. The molecule has 2 aromatic rings. The molecule has 0 saturated heterocycles. The maximum atomic E-state index is 11.7. The SMILES string of the molecule is CCOc1ccc(C(=O)NN)cc1CSc1ccc(C)cc1. The van der Waals surface area contributed by atoms with Gasteiger partial charge in [0, 0.05) is 21.8 Å². The highest BCUT2D eigenvalue weighted by molar-refractivity contribution is 7.98. The summed E-state index contributed by atoms with van der Waals surface area (Å²) in [4.78, 5) is 12.8. The molecule has 0 atom stereocenters. The van der Waals surface area contributed by atoms with Crippen LogP contribution >= 0.6 is 11.8 Å². The molecule has 0 aliphatic heterocycles. The van der Waals surface area contributed by atoms with E-state index in [9.17, 15) is 4.79 Å². The Bertz CT molecular complexity index is 642. The van der Waals surface area contributed by atoms with Gasteiger partial charge in [-0.05, 0) is 44.2 Å². The molecule has 0 bridgehead atoms. The van der Waals surface area contributed by atoms with E-state index >= 15 is 0 Å². The van der Waals surface area contributed by atoms with Gasteiger partial charge in [0.1, 0.15) is 5.75 Å². The number of carbonyl (C=O) groups is 1. The van der Waals surface area contributed by atoms with E-state index in [2.05, 4.69) is 36.6 Å². The third kappa shape index (κ3) is 4.26. The molecule has 4 nitrogen and oxygen atoms in total. The molecule has 0 saturated carbocycles. The van der Waals surface area contributed by atoms with Crippen molar-refractivity contribution in [2.75, 3.05) is 6.61 Å². The number of ether oxygens (including phenoxy) is 1. The fourth-order valence-corrected chi connectivity index (χ4v) is 2.89. The first-order chi connectivity index (χ1) is 10.6. The van der Waals surface area contributed by atoms with Crippen molar-refractivity contribution in [3.63, 3.8) is 0 Å². The van der Waals surface area contributed by atoms with E-state index in [1.807, 2.05) is 19.1 Å².